The molecule has 0 radical (unpaired) electrons. The number of hydrogen-bond donors (Lipinski definition) is 2. The summed E-state index contributed by atoms with van der Waals surface area (Å²) in [5.41, 5.74) is 2.76. The van der Waals surface area contributed by atoms with E-state index in [1.807, 2.05) is 36.4 Å². The smallest absolute Gasteiger partial charge is 0.251 e. The lowest BCUT2D eigenvalue weighted by atomic mass is 9.87. The average Bonchev–Trinajstić information content (AvgIpc) is 2.60. The Hall–Kier alpha value is -2.33. The van der Waals surface area contributed by atoms with Crippen LogP contribution in [0.15, 0.2) is 48.5 Å². The highest BCUT2D eigenvalue weighted by Gasteiger charge is 2.14. The van der Waals surface area contributed by atoms with Gasteiger partial charge in [0.1, 0.15) is 0 Å². The van der Waals surface area contributed by atoms with Crippen molar-refractivity contribution in [2.45, 2.75) is 32.6 Å². The first-order valence-electron chi connectivity index (χ1n) is 8.65. The number of carbonyl (C=O) groups excluding carboxylic acids is 2. The summed E-state index contributed by atoms with van der Waals surface area (Å²) in [6.07, 6.45) is 0.291. The van der Waals surface area contributed by atoms with Crippen LogP contribution in [0.2, 0.25) is 5.02 Å². The molecular weight excluding hydrogens is 348 g/mol. The lowest BCUT2D eigenvalue weighted by molar-refractivity contribution is -0.120. The molecule has 0 aliphatic heterocycles. The number of nitrogens with one attached hydrogen (secondary N) is 2. The highest BCUT2D eigenvalue weighted by molar-refractivity contribution is 6.30. The van der Waals surface area contributed by atoms with Crippen LogP contribution in [0.25, 0.3) is 0 Å². The van der Waals surface area contributed by atoms with Crippen LogP contribution in [-0.2, 0) is 16.6 Å². The van der Waals surface area contributed by atoms with Gasteiger partial charge in [-0.3, -0.25) is 9.59 Å². The molecule has 2 rings (SSSR count). The van der Waals surface area contributed by atoms with Gasteiger partial charge in [0, 0.05) is 23.7 Å². The summed E-state index contributed by atoms with van der Waals surface area (Å²) in [6, 6.07) is 14.8. The quantitative estimate of drug-likeness (QED) is 0.759. The maximum absolute atomic E-state index is 12.1. The third-order valence-electron chi connectivity index (χ3n) is 4.02. The molecule has 0 unspecified atom stereocenters. The number of rotatable bonds is 6. The van der Waals surface area contributed by atoms with Gasteiger partial charge in [-0.15, -0.1) is 0 Å². The zero-order valence-electron chi connectivity index (χ0n) is 15.4. The molecule has 0 saturated heterocycles. The minimum atomic E-state index is -0.141. The van der Waals surface area contributed by atoms with E-state index in [1.54, 1.807) is 12.1 Å². The third-order valence-corrected chi connectivity index (χ3v) is 4.28. The van der Waals surface area contributed by atoms with Gasteiger partial charge in [0.05, 0.1) is 6.42 Å². The van der Waals surface area contributed by atoms with Crippen molar-refractivity contribution in [1.82, 2.24) is 10.6 Å². The molecule has 2 aromatic rings. The molecular formula is C21H25ClN2O2. The normalized spacial score (nSPS) is 11.1. The van der Waals surface area contributed by atoms with Crippen LogP contribution >= 0.6 is 11.6 Å². The second kappa shape index (κ2) is 8.86. The Bertz CT molecular complexity index is 747. The van der Waals surface area contributed by atoms with Crippen LogP contribution in [0.3, 0.4) is 0 Å². The molecule has 4 nitrogen and oxygen atoms in total. The highest BCUT2D eigenvalue weighted by Crippen LogP contribution is 2.22. The first kappa shape index (κ1) is 20.0. The minimum absolute atomic E-state index is 0.0589. The molecule has 0 fully saturated rings. The van der Waals surface area contributed by atoms with Crippen molar-refractivity contribution in [3.05, 3.63) is 70.2 Å². The maximum Gasteiger partial charge on any atom is 0.251 e. The molecule has 5 heteroatoms. The Morgan fingerprint density at radius 3 is 2.04 bits per heavy atom. The fraction of sp³-hybridized carbons (Fsp3) is 0.333. The van der Waals surface area contributed by atoms with Gasteiger partial charge in [-0.1, -0.05) is 56.6 Å². The molecule has 0 aliphatic carbocycles. The third kappa shape index (κ3) is 6.19. The standard InChI is InChI=1S/C21H25ClN2O2/c1-21(2,3)17-8-6-16(7-9-17)20(26)24-13-12-23-19(25)14-15-4-10-18(22)11-5-15/h4-11H,12-14H2,1-3H3,(H,23,25)(H,24,26). The van der Waals surface area contributed by atoms with Crippen molar-refractivity contribution >= 4 is 23.4 Å². The Balaban J connectivity index is 1.72. The van der Waals surface area contributed by atoms with E-state index in [4.69, 9.17) is 11.6 Å². The van der Waals surface area contributed by atoms with E-state index in [9.17, 15) is 9.59 Å². The van der Waals surface area contributed by atoms with Gasteiger partial charge in [-0.25, -0.2) is 0 Å². The zero-order valence-corrected chi connectivity index (χ0v) is 16.2. The van der Waals surface area contributed by atoms with Gasteiger partial charge in [0.15, 0.2) is 0 Å². The molecule has 0 heterocycles. The van der Waals surface area contributed by atoms with E-state index in [1.165, 1.54) is 5.56 Å². The number of hydrogen-bond acceptors (Lipinski definition) is 2. The van der Waals surface area contributed by atoms with Crippen molar-refractivity contribution < 1.29 is 9.59 Å². The summed E-state index contributed by atoms with van der Waals surface area (Å²) in [5.74, 6) is -0.228. The summed E-state index contributed by atoms with van der Waals surface area (Å²) in [7, 11) is 0. The van der Waals surface area contributed by atoms with Crippen molar-refractivity contribution in [1.29, 1.82) is 0 Å². The lowest BCUT2D eigenvalue weighted by Gasteiger charge is -2.19. The molecule has 2 N–H and O–H groups in total. The fourth-order valence-corrected chi connectivity index (χ4v) is 2.58. The molecule has 26 heavy (non-hydrogen) atoms. The highest BCUT2D eigenvalue weighted by atomic mass is 35.5. The van der Waals surface area contributed by atoms with Crippen LogP contribution in [0.4, 0.5) is 0 Å². The van der Waals surface area contributed by atoms with Gasteiger partial charge < -0.3 is 10.6 Å². The molecule has 2 aromatic carbocycles. The monoisotopic (exact) mass is 372 g/mol. The number of carbonyl (C=O) groups is 2. The van der Waals surface area contributed by atoms with Gasteiger partial charge in [0.25, 0.3) is 5.91 Å². The van der Waals surface area contributed by atoms with Crippen LogP contribution in [0, 0.1) is 0 Å². The van der Waals surface area contributed by atoms with Crippen LogP contribution in [0.5, 0.6) is 0 Å². The predicted molar refractivity (Wildman–Crippen MR) is 106 cm³/mol. The lowest BCUT2D eigenvalue weighted by Crippen LogP contribution is -2.35. The van der Waals surface area contributed by atoms with Crippen LogP contribution < -0.4 is 10.6 Å². The molecule has 0 saturated carbocycles. The molecule has 0 aliphatic rings. The fourth-order valence-electron chi connectivity index (χ4n) is 2.45. The molecule has 2 amide bonds. The first-order chi connectivity index (χ1) is 12.3. The van der Waals surface area contributed by atoms with Gasteiger partial charge in [-0.05, 0) is 40.8 Å². The summed E-state index contributed by atoms with van der Waals surface area (Å²) in [4.78, 5) is 24.0. The zero-order chi connectivity index (χ0) is 19.2. The summed E-state index contributed by atoms with van der Waals surface area (Å²) in [5, 5.41) is 6.25. The Kier molecular flexibility index (Phi) is 6.81. The molecule has 0 spiro atoms. The van der Waals surface area contributed by atoms with E-state index in [0.29, 0.717) is 30.1 Å². The van der Waals surface area contributed by atoms with Crippen molar-refractivity contribution in [2.75, 3.05) is 13.1 Å². The largest absolute Gasteiger partial charge is 0.354 e. The van der Waals surface area contributed by atoms with Gasteiger partial charge in [-0.2, -0.15) is 0 Å². The predicted octanol–water partition coefficient (Wildman–Crippen LogP) is 3.73. The van der Waals surface area contributed by atoms with E-state index in [-0.39, 0.29) is 17.2 Å². The van der Waals surface area contributed by atoms with Crippen LogP contribution in [-0.4, -0.2) is 24.9 Å². The van der Waals surface area contributed by atoms with Crippen molar-refractivity contribution in [2.24, 2.45) is 0 Å². The maximum atomic E-state index is 12.1. The summed E-state index contributed by atoms with van der Waals surface area (Å²) in [6.45, 7) is 7.17. The van der Waals surface area contributed by atoms with Crippen molar-refractivity contribution in [3.63, 3.8) is 0 Å². The Labute approximate surface area is 159 Å². The number of amides is 2. The SMILES string of the molecule is CC(C)(C)c1ccc(C(=O)NCCNC(=O)Cc2ccc(Cl)cc2)cc1. The van der Waals surface area contributed by atoms with E-state index < -0.39 is 0 Å². The minimum Gasteiger partial charge on any atom is -0.354 e. The number of halogens is 1. The average molecular weight is 373 g/mol. The second-order valence-corrected chi connectivity index (χ2v) is 7.67. The molecule has 0 bridgehead atoms. The van der Waals surface area contributed by atoms with E-state index >= 15 is 0 Å². The summed E-state index contributed by atoms with van der Waals surface area (Å²) < 4.78 is 0. The topological polar surface area (TPSA) is 58.2 Å². The van der Waals surface area contributed by atoms with E-state index in [0.717, 1.165) is 5.56 Å². The second-order valence-electron chi connectivity index (χ2n) is 7.24. The van der Waals surface area contributed by atoms with Gasteiger partial charge in [0.2, 0.25) is 5.91 Å². The molecule has 0 aromatic heterocycles. The van der Waals surface area contributed by atoms with Crippen molar-refractivity contribution in [3.8, 4) is 0 Å². The molecule has 0 atom stereocenters. The molecule has 138 valence electrons. The van der Waals surface area contributed by atoms with E-state index in [2.05, 4.69) is 31.4 Å². The Morgan fingerprint density at radius 2 is 1.46 bits per heavy atom. The van der Waals surface area contributed by atoms with Crippen LogP contribution in [0.1, 0.15) is 42.3 Å². The first-order valence-corrected chi connectivity index (χ1v) is 9.03. The van der Waals surface area contributed by atoms with Gasteiger partial charge >= 0.3 is 0 Å². The number of benzene rings is 2. The summed E-state index contributed by atoms with van der Waals surface area (Å²) >= 11 is 5.82. The Morgan fingerprint density at radius 1 is 0.885 bits per heavy atom.